The molecule has 2 aliphatic rings. The Bertz CT molecular complexity index is 286. The van der Waals surface area contributed by atoms with Gasteiger partial charge in [-0.2, -0.15) is 0 Å². The summed E-state index contributed by atoms with van der Waals surface area (Å²) in [6.07, 6.45) is 1.96. The third-order valence-electron chi connectivity index (χ3n) is 4.62. The highest BCUT2D eigenvalue weighted by molar-refractivity contribution is 5.83. The van der Waals surface area contributed by atoms with Crippen molar-refractivity contribution in [1.82, 2.24) is 15.1 Å². The molecule has 1 amide bonds. The van der Waals surface area contributed by atoms with Crippen molar-refractivity contribution in [1.29, 1.82) is 0 Å². The van der Waals surface area contributed by atoms with Crippen molar-refractivity contribution >= 4 is 5.91 Å². The average molecular weight is 239 g/mol. The minimum atomic E-state index is -0.115. The zero-order valence-corrected chi connectivity index (χ0v) is 11.3. The number of nitrogens with zero attached hydrogens (tertiary/aromatic N) is 2. The lowest BCUT2D eigenvalue weighted by Gasteiger charge is -2.41. The highest BCUT2D eigenvalue weighted by Crippen LogP contribution is 2.32. The number of amides is 1. The molecule has 0 aliphatic carbocycles. The number of likely N-dealkylation sites (N-methyl/N-ethyl adjacent to an activating group) is 1. The molecule has 2 aliphatic heterocycles. The Labute approximate surface area is 104 Å². The average Bonchev–Trinajstić information content (AvgIpc) is 2.81. The summed E-state index contributed by atoms with van der Waals surface area (Å²) in [5.41, 5.74) is -0.115. The van der Waals surface area contributed by atoms with Crippen LogP contribution in [0, 0.1) is 5.41 Å². The lowest BCUT2D eigenvalue weighted by Crippen LogP contribution is -2.56. The topological polar surface area (TPSA) is 35.6 Å². The Morgan fingerprint density at radius 2 is 2.24 bits per heavy atom. The van der Waals surface area contributed by atoms with Crippen LogP contribution in [0.1, 0.15) is 26.7 Å². The van der Waals surface area contributed by atoms with Crippen LogP contribution in [0.15, 0.2) is 0 Å². The number of carbonyl (C=O) groups is 1. The summed E-state index contributed by atoms with van der Waals surface area (Å²) in [5, 5.41) is 3.35. The molecule has 0 radical (unpaired) electrons. The summed E-state index contributed by atoms with van der Waals surface area (Å²) in [4.78, 5) is 17.1. The summed E-state index contributed by atoms with van der Waals surface area (Å²) in [6, 6.07) is 0.482. The summed E-state index contributed by atoms with van der Waals surface area (Å²) in [7, 11) is 2.14. The lowest BCUT2D eigenvalue weighted by atomic mass is 9.82. The first-order chi connectivity index (χ1) is 8.09. The molecule has 0 aromatic carbocycles. The molecule has 98 valence electrons. The zero-order valence-electron chi connectivity index (χ0n) is 11.3. The van der Waals surface area contributed by atoms with E-state index in [-0.39, 0.29) is 5.41 Å². The predicted octanol–water partition coefficient (Wildman–Crippen LogP) is 0.539. The SMILES string of the molecule is CCC1(C(=O)N2CCN(C)C(C)C2)CCNC1. The van der Waals surface area contributed by atoms with E-state index < -0.39 is 0 Å². The maximum absolute atomic E-state index is 12.7. The number of carbonyl (C=O) groups excluding carboxylic acids is 1. The quantitative estimate of drug-likeness (QED) is 0.764. The number of rotatable bonds is 2. The van der Waals surface area contributed by atoms with Gasteiger partial charge in [-0.3, -0.25) is 4.79 Å². The monoisotopic (exact) mass is 239 g/mol. The van der Waals surface area contributed by atoms with Crippen LogP contribution in [0.5, 0.6) is 0 Å². The van der Waals surface area contributed by atoms with Gasteiger partial charge in [0.2, 0.25) is 5.91 Å². The Morgan fingerprint density at radius 1 is 1.47 bits per heavy atom. The summed E-state index contributed by atoms with van der Waals surface area (Å²) in [5.74, 6) is 0.380. The second kappa shape index (κ2) is 4.94. The van der Waals surface area contributed by atoms with E-state index in [1.54, 1.807) is 0 Å². The van der Waals surface area contributed by atoms with Crippen LogP contribution < -0.4 is 5.32 Å². The maximum Gasteiger partial charge on any atom is 0.230 e. The fourth-order valence-corrected chi connectivity index (χ4v) is 2.95. The minimum absolute atomic E-state index is 0.115. The van der Waals surface area contributed by atoms with E-state index in [4.69, 9.17) is 0 Å². The van der Waals surface area contributed by atoms with Crippen molar-refractivity contribution in [2.45, 2.75) is 32.7 Å². The van der Waals surface area contributed by atoms with Gasteiger partial charge in [-0.25, -0.2) is 0 Å². The molecule has 2 unspecified atom stereocenters. The molecule has 0 aromatic rings. The van der Waals surface area contributed by atoms with Gasteiger partial charge in [0.15, 0.2) is 0 Å². The van der Waals surface area contributed by atoms with Crippen LogP contribution in [0.2, 0.25) is 0 Å². The second-order valence-corrected chi connectivity index (χ2v) is 5.64. The van der Waals surface area contributed by atoms with E-state index >= 15 is 0 Å². The highest BCUT2D eigenvalue weighted by Gasteiger charge is 2.42. The standard InChI is InChI=1S/C13H25N3O/c1-4-13(5-6-14-10-13)12(17)16-8-7-15(3)11(2)9-16/h11,14H,4-10H2,1-3H3. The molecular weight excluding hydrogens is 214 g/mol. The van der Waals surface area contributed by atoms with Gasteiger partial charge in [-0.1, -0.05) is 6.92 Å². The molecule has 2 atom stereocenters. The van der Waals surface area contributed by atoms with E-state index in [2.05, 4.69) is 36.0 Å². The Morgan fingerprint density at radius 3 is 2.76 bits per heavy atom. The molecule has 2 heterocycles. The Balaban J connectivity index is 2.04. The first kappa shape index (κ1) is 12.8. The molecule has 2 fully saturated rings. The van der Waals surface area contributed by atoms with E-state index in [0.29, 0.717) is 11.9 Å². The van der Waals surface area contributed by atoms with Gasteiger partial charge in [0.25, 0.3) is 0 Å². The predicted molar refractivity (Wildman–Crippen MR) is 68.9 cm³/mol. The molecule has 1 N–H and O–H groups in total. The van der Waals surface area contributed by atoms with Crippen LogP contribution in [0.3, 0.4) is 0 Å². The molecule has 4 nitrogen and oxygen atoms in total. The van der Waals surface area contributed by atoms with E-state index in [1.165, 1.54) is 0 Å². The molecule has 17 heavy (non-hydrogen) atoms. The Hall–Kier alpha value is -0.610. The fraction of sp³-hybridized carbons (Fsp3) is 0.923. The van der Waals surface area contributed by atoms with Crippen LogP contribution >= 0.6 is 0 Å². The van der Waals surface area contributed by atoms with Crippen molar-refractivity contribution in [3.05, 3.63) is 0 Å². The summed E-state index contributed by atoms with van der Waals surface area (Å²) < 4.78 is 0. The zero-order chi connectivity index (χ0) is 12.5. The largest absolute Gasteiger partial charge is 0.339 e. The lowest BCUT2D eigenvalue weighted by molar-refractivity contribution is -0.144. The molecule has 0 aromatic heterocycles. The van der Waals surface area contributed by atoms with Crippen molar-refractivity contribution in [2.75, 3.05) is 39.8 Å². The molecule has 0 bridgehead atoms. The van der Waals surface area contributed by atoms with Crippen LogP contribution in [-0.2, 0) is 4.79 Å². The van der Waals surface area contributed by atoms with Crippen molar-refractivity contribution in [3.63, 3.8) is 0 Å². The molecule has 4 heteroatoms. The fourth-order valence-electron chi connectivity index (χ4n) is 2.95. The van der Waals surface area contributed by atoms with Gasteiger partial charge in [0, 0.05) is 32.2 Å². The molecular formula is C13H25N3O. The Kier molecular flexibility index (Phi) is 3.73. The number of hydrogen-bond acceptors (Lipinski definition) is 3. The van der Waals surface area contributed by atoms with E-state index in [1.807, 2.05) is 0 Å². The van der Waals surface area contributed by atoms with Gasteiger partial charge in [0.05, 0.1) is 5.41 Å². The van der Waals surface area contributed by atoms with Gasteiger partial charge < -0.3 is 15.1 Å². The summed E-state index contributed by atoms with van der Waals surface area (Å²) in [6.45, 7) is 8.97. The number of piperazine rings is 1. The molecule has 2 rings (SSSR count). The van der Waals surface area contributed by atoms with E-state index in [0.717, 1.165) is 45.6 Å². The third-order valence-corrected chi connectivity index (χ3v) is 4.62. The van der Waals surface area contributed by atoms with Gasteiger partial charge >= 0.3 is 0 Å². The first-order valence-corrected chi connectivity index (χ1v) is 6.79. The van der Waals surface area contributed by atoms with Gasteiger partial charge in [-0.05, 0) is 33.4 Å². The number of hydrogen-bond donors (Lipinski definition) is 1. The molecule has 0 spiro atoms. The first-order valence-electron chi connectivity index (χ1n) is 6.79. The van der Waals surface area contributed by atoms with E-state index in [9.17, 15) is 4.79 Å². The van der Waals surface area contributed by atoms with Crippen molar-refractivity contribution in [2.24, 2.45) is 5.41 Å². The van der Waals surface area contributed by atoms with Crippen LogP contribution in [-0.4, -0.2) is 61.5 Å². The minimum Gasteiger partial charge on any atom is -0.339 e. The molecule has 0 saturated carbocycles. The van der Waals surface area contributed by atoms with Crippen molar-refractivity contribution in [3.8, 4) is 0 Å². The third kappa shape index (κ3) is 2.33. The summed E-state index contributed by atoms with van der Waals surface area (Å²) >= 11 is 0. The maximum atomic E-state index is 12.7. The number of nitrogens with one attached hydrogen (secondary N) is 1. The van der Waals surface area contributed by atoms with Crippen LogP contribution in [0.25, 0.3) is 0 Å². The smallest absolute Gasteiger partial charge is 0.230 e. The highest BCUT2D eigenvalue weighted by atomic mass is 16.2. The normalized spacial score (nSPS) is 35.2. The second-order valence-electron chi connectivity index (χ2n) is 5.64. The van der Waals surface area contributed by atoms with Gasteiger partial charge in [-0.15, -0.1) is 0 Å². The van der Waals surface area contributed by atoms with Gasteiger partial charge in [0.1, 0.15) is 0 Å². The molecule has 2 saturated heterocycles. The van der Waals surface area contributed by atoms with Crippen LogP contribution in [0.4, 0.5) is 0 Å². The van der Waals surface area contributed by atoms with Crippen molar-refractivity contribution < 1.29 is 4.79 Å².